The predicted molar refractivity (Wildman–Crippen MR) is 24.3 cm³/mol. The van der Waals surface area contributed by atoms with Crippen LogP contribution in [-0.2, 0) is 4.84 Å². The van der Waals surface area contributed by atoms with Gasteiger partial charge < -0.3 is 9.94 Å². The molecule has 0 aromatic rings. The first-order valence-corrected chi connectivity index (χ1v) is 2.31. The van der Waals surface area contributed by atoms with Crippen LogP contribution in [0, 0.1) is 0 Å². The van der Waals surface area contributed by atoms with Crippen molar-refractivity contribution in [2.45, 2.75) is 18.4 Å². The second kappa shape index (κ2) is 1.43. The molecule has 1 aliphatic rings. The van der Waals surface area contributed by atoms with E-state index in [9.17, 15) is 0 Å². The lowest BCUT2D eigenvalue weighted by atomic mass is 10.4. The van der Waals surface area contributed by atoms with Gasteiger partial charge in [0.05, 0.1) is 12.2 Å². The van der Waals surface area contributed by atoms with E-state index in [2.05, 4.69) is 4.84 Å². The summed E-state index contributed by atoms with van der Waals surface area (Å²) in [6.45, 7) is 0.285. The maximum Gasteiger partial charge on any atom is 0.0966 e. The van der Waals surface area contributed by atoms with Crippen LogP contribution >= 0.6 is 0 Å². The molecule has 0 atom stereocenters. The van der Waals surface area contributed by atoms with E-state index in [0.29, 0.717) is 0 Å². The van der Waals surface area contributed by atoms with Crippen LogP contribution in [0.25, 0.3) is 0 Å². The highest BCUT2D eigenvalue weighted by Crippen LogP contribution is 2.34. The molecule has 1 fully saturated rings. The third-order valence-corrected chi connectivity index (χ3v) is 1.18. The first-order valence-electron chi connectivity index (χ1n) is 2.31. The average molecular weight is 103 g/mol. The smallest absolute Gasteiger partial charge is 0.0966 e. The molecule has 0 spiro atoms. The van der Waals surface area contributed by atoms with Gasteiger partial charge in [-0.1, -0.05) is 0 Å². The lowest BCUT2D eigenvalue weighted by Crippen LogP contribution is -2.18. The molecule has 0 heterocycles. The summed E-state index contributed by atoms with van der Waals surface area (Å²) in [5, 5.41) is 8.92. The first-order chi connectivity index (χ1) is 3.27. The van der Waals surface area contributed by atoms with E-state index in [4.69, 9.17) is 11.0 Å². The van der Waals surface area contributed by atoms with E-state index < -0.39 is 5.60 Å². The van der Waals surface area contributed by atoms with Gasteiger partial charge >= 0.3 is 0 Å². The van der Waals surface area contributed by atoms with Crippen LogP contribution in [-0.4, -0.2) is 17.3 Å². The summed E-state index contributed by atoms with van der Waals surface area (Å²) >= 11 is 0. The zero-order valence-electron chi connectivity index (χ0n) is 4.05. The minimum Gasteiger partial charge on any atom is -0.387 e. The van der Waals surface area contributed by atoms with Crippen LogP contribution in [0.5, 0.6) is 0 Å². The Morgan fingerprint density at radius 3 is 2.43 bits per heavy atom. The summed E-state index contributed by atoms with van der Waals surface area (Å²) in [6.07, 6.45) is 1.68. The fourth-order valence-electron chi connectivity index (χ4n) is 0.444. The van der Waals surface area contributed by atoms with E-state index in [1.54, 1.807) is 0 Å². The molecule has 0 bridgehead atoms. The van der Waals surface area contributed by atoms with Gasteiger partial charge in [-0.15, -0.1) is 0 Å². The van der Waals surface area contributed by atoms with Crippen LogP contribution < -0.4 is 5.90 Å². The number of hydrogen-bond donors (Lipinski definition) is 2. The van der Waals surface area contributed by atoms with Gasteiger partial charge in [0, 0.05) is 0 Å². The maximum absolute atomic E-state index is 8.92. The van der Waals surface area contributed by atoms with Crippen LogP contribution in [0.1, 0.15) is 12.8 Å². The summed E-state index contributed by atoms with van der Waals surface area (Å²) in [6, 6.07) is 0. The topological polar surface area (TPSA) is 55.5 Å². The van der Waals surface area contributed by atoms with Crippen LogP contribution in [0.2, 0.25) is 0 Å². The SMILES string of the molecule is NOCC1(O)CC1. The highest BCUT2D eigenvalue weighted by Gasteiger charge is 2.40. The molecule has 0 aliphatic heterocycles. The molecule has 3 heteroatoms. The second-order valence-electron chi connectivity index (χ2n) is 2.04. The third-order valence-electron chi connectivity index (χ3n) is 1.18. The number of aliphatic hydroxyl groups is 1. The third kappa shape index (κ3) is 1.12. The van der Waals surface area contributed by atoms with Crippen LogP contribution in [0.15, 0.2) is 0 Å². The minimum absolute atomic E-state index is 0.285. The molecule has 1 saturated carbocycles. The lowest BCUT2D eigenvalue weighted by molar-refractivity contribution is 0.0204. The minimum atomic E-state index is -0.547. The molecular formula is C4H9NO2. The Kier molecular flexibility index (Phi) is 1.03. The monoisotopic (exact) mass is 103 g/mol. The van der Waals surface area contributed by atoms with Gasteiger partial charge in [-0.25, -0.2) is 5.90 Å². The largest absolute Gasteiger partial charge is 0.387 e. The van der Waals surface area contributed by atoms with Crippen molar-refractivity contribution in [1.82, 2.24) is 0 Å². The number of nitrogens with two attached hydrogens (primary N) is 1. The quantitative estimate of drug-likeness (QED) is 0.459. The van der Waals surface area contributed by atoms with Crippen molar-refractivity contribution >= 4 is 0 Å². The number of hydrogen-bond acceptors (Lipinski definition) is 3. The van der Waals surface area contributed by atoms with Crippen molar-refractivity contribution in [1.29, 1.82) is 0 Å². The van der Waals surface area contributed by atoms with Crippen molar-refractivity contribution in [3.63, 3.8) is 0 Å². The molecule has 0 aromatic heterocycles. The first kappa shape index (κ1) is 5.03. The Morgan fingerprint density at radius 2 is 2.29 bits per heavy atom. The molecule has 0 radical (unpaired) electrons. The molecule has 0 saturated heterocycles. The van der Waals surface area contributed by atoms with Gasteiger partial charge in [-0.05, 0) is 12.8 Å². The van der Waals surface area contributed by atoms with E-state index in [1.165, 1.54) is 0 Å². The van der Waals surface area contributed by atoms with Crippen molar-refractivity contribution in [3.05, 3.63) is 0 Å². The van der Waals surface area contributed by atoms with Gasteiger partial charge in [0.15, 0.2) is 0 Å². The lowest BCUT2D eigenvalue weighted by Gasteiger charge is -2.01. The summed E-state index contributed by atoms with van der Waals surface area (Å²) in [5.41, 5.74) is -0.547. The van der Waals surface area contributed by atoms with Gasteiger partial charge in [0.1, 0.15) is 0 Å². The molecule has 1 rings (SSSR count). The van der Waals surface area contributed by atoms with Crippen LogP contribution in [0.3, 0.4) is 0 Å². The molecule has 3 nitrogen and oxygen atoms in total. The number of rotatable bonds is 2. The molecule has 1 aliphatic carbocycles. The average Bonchev–Trinajstić information content (AvgIpc) is 2.22. The Bertz CT molecular complexity index is 70.1. The van der Waals surface area contributed by atoms with Crippen molar-refractivity contribution in [3.8, 4) is 0 Å². The predicted octanol–water partition coefficient (Wildman–Crippen LogP) is -0.598. The van der Waals surface area contributed by atoms with Crippen LogP contribution in [0.4, 0.5) is 0 Å². The van der Waals surface area contributed by atoms with Gasteiger partial charge in [-0.2, -0.15) is 0 Å². The summed E-state index contributed by atoms with van der Waals surface area (Å²) < 4.78 is 0. The normalized spacial score (nSPS) is 24.9. The highest BCUT2D eigenvalue weighted by molar-refractivity contribution is 4.92. The molecular weight excluding hydrogens is 94.0 g/mol. The van der Waals surface area contributed by atoms with Crippen molar-refractivity contribution < 1.29 is 9.94 Å². The Morgan fingerprint density at radius 1 is 1.71 bits per heavy atom. The molecule has 0 amide bonds. The fraction of sp³-hybridized carbons (Fsp3) is 1.00. The molecule has 42 valence electrons. The van der Waals surface area contributed by atoms with E-state index in [1.807, 2.05) is 0 Å². The zero-order chi connectivity index (χ0) is 5.33. The summed E-state index contributed by atoms with van der Waals surface area (Å²) in [7, 11) is 0. The Labute approximate surface area is 42.0 Å². The fourth-order valence-corrected chi connectivity index (χ4v) is 0.444. The second-order valence-corrected chi connectivity index (χ2v) is 2.04. The van der Waals surface area contributed by atoms with Gasteiger partial charge in [0.2, 0.25) is 0 Å². The zero-order valence-corrected chi connectivity index (χ0v) is 4.05. The van der Waals surface area contributed by atoms with Gasteiger partial charge in [-0.3, -0.25) is 0 Å². The molecule has 0 unspecified atom stereocenters. The molecule has 7 heavy (non-hydrogen) atoms. The maximum atomic E-state index is 8.92. The summed E-state index contributed by atoms with van der Waals surface area (Å²) in [5.74, 6) is 4.69. The standard InChI is InChI=1S/C4H9NO2/c5-7-3-4(6)1-2-4/h6H,1-3,5H2. The van der Waals surface area contributed by atoms with Crippen molar-refractivity contribution in [2.75, 3.05) is 6.61 Å². The Hall–Kier alpha value is -0.120. The van der Waals surface area contributed by atoms with E-state index >= 15 is 0 Å². The molecule has 0 aromatic carbocycles. The summed E-state index contributed by atoms with van der Waals surface area (Å²) in [4.78, 5) is 4.22. The van der Waals surface area contributed by atoms with E-state index in [0.717, 1.165) is 12.8 Å². The van der Waals surface area contributed by atoms with Crippen molar-refractivity contribution in [2.24, 2.45) is 5.90 Å². The van der Waals surface area contributed by atoms with E-state index in [-0.39, 0.29) is 6.61 Å². The highest BCUT2D eigenvalue weighted by atomic mass is 16.6. The Balaban J connectivity index is 2.13. The molecule has 3 N–H and O–H groups in total. The van der Waals surface area contributed by atoms with Gasteiger partial charge in [0.25, 0.3) is 0 Å².